The number of rotatable bonds is 2. The molecule has 5 atom stereocenters. The molecule has 3 N–H and O–H groups in total. The molecule has 0 bridgehead atoms. The van der Waals surface area contributed by atoms with Crippen molar-refractivity contribution < 1.29 is 20.1 Å². The van der Waals surface area contributed by atoms with E-state index in [4.69, 9.17) is 9.84 Å². The molecule has 0 aromatic heterocycles. The van der Waals surface area contributed by atoms with Crippen LogP contribution in [0.2, 0.25) is 0 Å². The standard InChI is InChI=1S/C9H19NO4/c1-5-8(12)7(10(2)3)9(13)6(4-11)14-5/h5-9,11-13H,4H2,1-3H3/t5-,6+,7+,8-,9+/m0/s1. The van der Waals surface area contributed by atoms with Gasteiger partial charge in [0.1, 0.15) is 12.2 Å². The van der Waals surface area contributed by atoms with Gasteiger partial charge in [-0.1, -0.05) is 0 Å². The molecule has 1 heterocycles. The van der Waals surface area contributed by atoms with Crippen LogP contribution in [0, 0.1) is 0 Å². The lowest BCUT2D eigenvalue weighted by Gasteiger charge is -2.44. The van der Waals surface area contributed by atoms with Crippen molar-refractivity contribution in [3.05, 3.63) is 0 Å². The largest absolute Gasteiger partial charge is 0.394 e. The number of nitrogens with zero attached hydrogens (tertiary/aromatic N) is 1. The van der Waals surface area contributed by atoms with Crippen molar-refractivity contribution in [3.8, 4) is 0 Å². The van der Waals surface area contributed by atoms with Crippen LogP contribution in [0.15, 0.2) is 0 Å². The molecule has 1 fully saturated rings. The van der Waals surface area contributed by atoms with Crippen LogP contribution < -0.4 is 0 Å². The van der Waals surface area contributed by atoms with Crippen molar-refractivity contribution in [2.75, 3.05) is 20.7 Å². The van der Waals surface area contributed by atoms with Crippen molar-refractivity contribution in [3.63, 3.8) is 0 Å². The number of likely N-dealkylation sites (N-methyl/N-ethyl adjacent to an activating group) is 1. The Kier molecular flexibility index (Phi) is 3.86. The van der Waals surface area contributed by atoms with Crippen LogP contribution >= 0.6 is 0 Å². The van der Waals surface area contributed by atoms with Crippen molar-refractivity contribution in [2.45, 2.75) is 37.4 Å². The zero-order valence-electron chi connectivity index (χ0n) is 8.79. The van der Waals surface area contributed by atoms with E-state index < -0.39 is 24.4 Å². The molecule has 1 aliphatic rings. The van der Waals surface area contributed by atoms with Crippen LogP contribution in [-0.2, 0) is 4.74 Å². The Bertz CT molecular complexity index is 188. The minimum Gasteiger partial charge on any atom is -0.394 e. The van der Waals surface area contributed by atoms with Crippen molar-refractivity contribution in [1.29, 1.82) is 0 Å². The van der Waals surface area contributed by atoms with Crippen LogP contribution in [0.4, 0.5) is 0 Å². The monoisotopic (exact) mass is 205 g/mol. The van der Waals surface area contributed by atoms with Crippen molar-refractivity contribution >= 4 is 0 Å². The average Bonchev–Trinajstić information content (AvgIpc) is 2.11. The molecule has 0 spiro atoms. The number of aliphatic hydroxyl groups excluding tert-OH is 3. The van der Waals surface area contributed by atoms with Gasteiger partial charge in [0.15, 0.2) is 0 Å². The fourth-order valence-corrected chi connectivity index (χ4v) is 1.90. The summed E-state index contributed by atoms with van der Waals surface area (Å²) in [6, 6.07) is -0.393. The summed E-state index contributed by atoms with van der Waals surface area (Å²) < 4.78 is 5.26. The van der Waals surface area contributed by atoms with E-state index in [1.165, 1.54) is 0 Å². The molecule has 5 nitrogen and oxygen atoms in total. The smallest absolute Gasteiger partial charge is 0.108 e. The first-order valence-corrected chi connectivity index (χ1v) is 4.78. The fourth-order valence-electron chi connectivity index (χ4n) is 1.90. The first kappa shape index (κ1) is 11.9. The van der Waals surface area contributed by atoms with Gasteiger partial charge in [-0.3, -0.25) is 0 Å². The second-order valence-electron chi connectivity index (χ2n) is 4.00. The molecule has 84 valence electrons. The quantitative estimate of drug-likeness (QED) is 0.507. The highest BCUT2D eigenvalue weighted by Gasteiger charge is 2.43. The Labute approximate surface area is 83.9 Å². The summed E-state index contributed by atoms with van der Waals surface area (Å²) in [5, 5.41) is 28.6. The zero-order valence-corrected chi connectivity index (χ0v) is 8.79. The molecule has 0 aliphatic carbocycles. The second-order valence-corrected chi connectivity index (χ2v) is 4.00. The highest BCUT2D eigenvalue weighted by Crippen LogP contribution is 2.23. The number of hydrogen-bond donors (Lipinski definition) is 3. The molecule has 0 aromatic carbocycles. The number of aliphatic hydroxyl groups is 3. The van der Waals surface area contributed by atoms with Gasteiger partial charge in [0.25, 0.3) is 0 Å². The molecule has 1 rings (SSSR count). The number of ether oxygens (including phenoxy) is 1. The van der Waals surface area contributed by atoms with Crippen LogP contribution in [0.25, 0.3) is 0 Å². The predicted molar refractivity (Wildman–Crippen MR) is 50.9 cm³/mol. The maximum Gasteiger partial charge on any atom is 0.108 e. The molecule has 1 saturated heterocycles. The maximum absolute atomic E-state index is 9.80. The van der Waals surface area contributed by atoms with Gasteiger partial charge < -0.3 is 25.0 Å². The Hall–Kier alpha value is -0.200. The molecular formula is C9H19NO4. The Morgan fingerprint density at radius 1 is 1.21 bits per heavy atom. The van der Waals surface area contributed by atoms with Crippen LogP contribution in [0.3, 0.4) is 0 Å². The van der Waals surface area contributed by atoms with Gasteiger partial charge in [0.2, 0.25) is 0 Å². The van der Waals surface area contributed by atoms with Gasteiger partial charge in [-0.2, -0.15) is 0 Å². The highest BCUT2D eigenvalue weighted by atomic mass is 16.5. The summed E-state index contributed by atoms with van der Waals surface area (Å²) in [6.45, 7) is 1.50. The molecule has 5 heteroatoms. The fraction of sp³-hybridized carbons (Fsp3) is 1.00. The highest BCUT2D eigenvalue weighted by molar-refractivity contribution is 4.94. The summed E-state index contributed by atoms with van der Waals surface area (Å²) >= 11 is 0. The zero-order chi connectivity index (χ0) is 10.9. The molecule has 0 unspecified atom stereocenters. The predicted octanol–water partition coefficient (Wildman–Crippen LogP) is -1.58. The van der Waals surface area contributed by atoms with Crippen LogP contribution in [0.5, 0.6) is 0 Å². The molecular weight excluding hydrogens is 186 g/mol. The van der Waals surface area contributed by atoms with Crippen molar-refractivity contribution in [2.24, 2.45) is 0 Å². The van der Waals surface area contributed by atoms with E-state index in [-0.39, 0.29) is 12.7 Å². The van der Waals surface area contributed by atoms with Gasteiger partial charge in [0, 0.05) is 0 Å². The summed E-state index contributed by atoms with van der Waals surface area (Å²) in [7, 11) is 3.56. The maximum atomic E-state index is 9.80. The summed E-state index contributed by atoms with van der Waals surface area (Å²) in [6.07, 6.45) is -2.58. The average molecular weight is 205 g/mol. The Morgan fingerprint density at radius 2 is 1.79 bits per heavy atom. The molecule has 1 aliphatic heterocycles. The molecule has 14 heavy (non-hydrogen) atoms. The third-order valence-electron chi connectivity index (χ3n) is 2.73. The lowest BCUT2D eigenvalue weighted by molar-refractivity contribution is -0.204. The van der Waals surface area contributed by atoms with E-state index in [2.05, 4.69) is 0 Å². The third kappa shape index (κ3) is 2.07. The second kappa shape index (κ2) is 4.55. The lowest BCUT2D eigenvalue weighted by Crippen LogP contribution is -2.62. The number of hydrogen-bond acceptors (Lipinski definition) is 5. The molecule has 0 amide bonds. The van der Waals surface area contributed by atoms with E-state index in [1.54, 1.807) is 25.9 Å². The summed E-state index contributed by atoms with van der Waals surface area (Å²) in [5.41, 5.74) is 0. The lowest BCUT2D eigenvalue weighted by atomic mass is 9.92. The van der Waals surface area contributed by atoms with E-state index in [0.717, 1.165) is 0 Å². The van der Waals surface area contributed by atoms with Gasteiger partial charge >= 0.3 is 0 Å². The van der Waals surface area contributed by atoms with Gasteiger partial charge in [-0.15, -0.1) is 0 Å². The first-order chi connectivity index (χ1) is 6.49. The van der Waals surface area contributed by atoms with Gasteiger partial charge in [0.05, 0.1) is 24.9 Å². The molecule has 0 aromatic rings. The summed E-state index contributed by atoms with van der Waals surface area (Å²) in [4.78, 5) is 1.75. The van der Waals surface area contributed by atoms with Crippen LogP contribution in [-0.4, -0.2) is 71.4 Å². The Morgan fingerprint density at radius 3 is 2.21 bits per heavy atom. The van der Waals surface area contributed by atoms with E-state index in [1.807, 2.05) is 0 Å². The van der Waals surface area contributed by atoms with Gasteiger partial charge in [-0.05, 0) is 21.0 Å². The minimum absolute atomic E-state index is 0.234. The first-order valence-electron chi connectivity index (χ1n) is 4.78. The van der Waals surface area contributed by atoms with Gasteiger partial charge in [-0.25, -0.2) is 0 Å². The normalized spacial score (nSPS) is 44.4. The third-order valence-corrected chi connectivity index (χ3v) is 2.73. The van der Waals surface area contributed by atoms with E-state index in [0.29, 0.717) is 0 Å². The van der Waals surface area contributed by atoms with Crippen molar-refractivity contribution in [1.82, 2.24) is 4.90 Å². The SMILES string of the molecule is C[C@@H]1O[C@H](CO)[C@@H](O)[C@H](N(C)C)[C@H]1O. The van der Waals surface area contributed by atoms with E-state index >= 15 is 0 Å². The van der Waals surface area contributed by atoms with E-state index in [9.17, 15) is 10.2 Å². The van der Waals surface area contributed by atoms with Crippen LogP contribution in [0.1, 0.15) is 6.92 Å². The summed E-state index contributed by atoms with van der Waals surface area (Å²) in [5.74, 6) is 0. The topological polar surface area (TPSA) is 73.2 Å². The molecule has 0 saturated carbocycles. The Balaban J connectivity index is 2.78. The minimum atomic E-state index is -0.860. The molecule has 0 radical (unpaired) electrons.